The van der Waals surface area contributed by atoms with Gasteiger partial charge in [-0.1, -0.05) is 48.5 Å². The van der Waals surface area contributed by atoms with Crippen LogP contribution in [-0.2, 0) is 14.0 Å². The van der Waals surface area contributed by atoms with Gasteiger partial charge in [-0.2, -0.15) is 5.26 Å². The fourth-order valence-corrected chi connectivity index (χ4v) is 4.77. The Morgan fingerprint density at radius 3 is 2.18 bits per heavy atom. The first-order valence-electron chi connectivity index (χ1n) is 12.7. The van der Waals surface area contributed by atoms with E-state index in [1.165, 1.54) is 17.3 Å². The van der Waals surface area contributed by atoms with Gasteiger partial charge >= 0.3 is 13.2 Å². The molecule has 1 N–H and O–H groups in total. The summed E-state index contributed by atoms with van der Waals surface area (Å²) in [6, 6.07) is 22.0. The zero-order valence-electron chi connectivity index (χ0n) is 22.0. The van der Waals surface area contributed by atoms with Crippen molar-refractivity contribution in [3.05, 3.63) is 94.7 Å². The van der Waals surface area contributed by atoms with Gasteiger partial charge in [0.1, 0.15) is 12.7 Å². The second kappa shape index (κ2) is 10.1. The number of ether oxygens (including phenoxy) is 1. The Morgan fingerprint density at radius 1 is 1.03 bits per heavy atom. The smallest absolute Gasteiger partial charge is 0.449 e. The van der Waals surface area contributed by atoms with Gasteiger partial charge in [-0.15, -0.1) is 0 Å². The molecule has 3 aromatic rings. The number of carbonyl (C=O) groups is 1. The highest BCUT2D eigenvalue weighted by Gasteiger charge is 2.52. The molecule has 1 saturated heterocycles. The van der Waals surface area contributed by atoms with Crippen LogP contribution in [0.15, 0.2) is 72.3 Å². The minimum absolute atomic E-state index is 0.0193. The fourth-order valence-electron chi connectivity index (χ4n) is 4.77. The third kappa shape index (κ3) is 4.95. The number of carbonyl (C=O) groups excluding carboxylic acids is 1. The van der Waals surface area contributed by atoms with Crippen molar-refractivity contribution < 1.29 is 18.8 Å². The molecular formula is C30H30BN3O4. The molecule has 1 aromatic heterocycles. The maximum absolute atomic E-state index is 12.8. The van der Waals surface area contributed by atoms with Gasteiger partial charge in [0.2, 0.25) is 0 Å². The first kappa shape index (κ1) is 25.7. The van der Waals surface area contributed by atoms with E-state index < -0.39 is 24.4 Å². The molecular weight excluding hydrogens is 477 g/mol. The van der Waals surface area contributed by atoms with E-state index >= 15 is 0 Å². The number of benzene rings is 2. The van der Waals surface area contributed by atoms with E-state index in [0.29, 0.717) is 16.7 Å². The Bertz CT molecular complexity index is 1360. The maximum atomic E-state index is 12.8. The Labute approximate surface area is 223 Å². The lowest BCUT2D eigenvalue weighted by Crippen LogP contribution is -2.41. The summed E-state index contributed by atoms with van der Waals surface area (Å²) in [4.78, 5) is 17.2. The number of rotatable bonds is 6. The molecule has 2 heterocycles. The summed E-state index contributed by atoms with van der Waals surface area (Å²) in [5.74, 6) is -0.0193. The molecule has 1 amide bonds. The van der Waals surface area contributed by atoms with Crippen LogP contribution in [0.25, 0.3) is 17.2 Å². The summed E-state index contributed by atoms with van der Waals surface area (Å²) in [7, 11) is -0.675. The molecule has 5 rings (SSSR count). The molecule has 7 nitrogen and oxygen atoms in total. The summed E-state index contributed by atoms with van der Waals surface area (Å²) in [6.07, 6.45) is 2.79. The lowest BCUT2D eigenvalue weighted by molar-refractivity contribution is 0.00578. The first-order chi connectivity index (χ1) is 18.2. The standard InChI is InChI=1S/C30H30BN3O4/c1-29(2)30(3,4)38-31(37-29)21(15-22-14-13-20(16-32)17-33-22)18-34-28(35)36-19-27-25-11-7-5-9-23(25)24-10-6-8-12-26(24)27/h5-15,17,27H,18-19H2,1-4H3,(H,34,35). The number of nitrogens with zero attached hydrogens (tertiary/aromatic N) is 2. The van der Waals surface area contributed by atoms with Gasteiger partial charge in [0.25, 0.3) is 0 Å². The van der Waals surface area contributed by atoms with Gasteiger partial charge in [-0.05, 0) is 73.6 Å². The van der Waals surface area contributed by atoms with E-state index in [1.54, 1.807) is 12.1 Å². The van der Waals surface area contributed by atoms with Crippen molar-refractivity contribution in [1.82, 2.24) is 10.3 Å². The fraction of sp³-hybridized carbons (Fsp3) is 0.300. The highest BCUT2D eigenvalue weighted by Crippen LogP contribution is 2.44. The molecule has 38 heavy (non-hydrogen) atoms. The molecule has 2 aromatic carbocycles. The third-order valence-corrected chi connectivity index (χ3v) is 7.59. The average Bonchev–Trinajstić information content (AvgIpc) is 3.34. The molecule has 0 bridgehead atoms. The maximum Gasteiger partial charge on any atom is 0.492 e. The quantitative estimate of drug-likeness (QED) is 0.443. The number of aromatic nitrogens is 1. The molecule has 0 radical (unpaired) electrons. The van der Waals surface area contributed by atoms with Gasteiger partial charge in [0, 0.05) is 18.7 Å². The highest BCUT2D eigenvalue weighted by molar-refractivity contribution is 6.56. The molecule has 0 saturated carbocycles. The van der Waals surface area contributed by atoms with E-state index in [4.69, 9.17) is 19.3 Å². The number of nitrogens with one attached hydrogen (secondary N) is 1. The van der Waals surface area contributed by atoms with Gasteiger partial charge in [-0.3, -0.25) is 4.98 Å². The summed E-state index contributed by atoms with van der Waals surface area (Å²) in [6.45, 7) is 8.28. The Morgan fingerprint density at radius 2 is 1.63 bits per heavy atom. The molecule has 8 heteroatoms. The van der Waals surface area contributed by atoms with Crippen LogP contribution in [0.3, 0.4) is 0 Å². The molecule has 0 unspecified atom stereocenters. The molecule has 192 valence electrons. The normalized spacial score (nSPS) is 17.4. The summed E-state index contributed by atoms with van der Waals surface area (Å²) >= 11 is 0. The van der Waals surface area contributed by atoms with Crippen molar-refractivity contribution >= 4 is 19.3 Å². The van der Waals surface area contributed by atoms with Crippen LogP contribution in [0, 0.1) is 11.3 Å². The minimum atomic E-state index is -0.675. The number of amides is 1. The van der Waals surface area contributed by atoms with E-state index in [-0.39, 0.29) is 19.1 Å². The predicted octanol–water partition coefficient (Wildman–Crippen LogP) is 5.51. The van der Waals surface area contributed by atoms with Crippen LogP contribution < -0.4 is 5.32 Å². The molecule has 2 aliphatic rings. The first-order valence-corrected chi connectivity index (χ1v) is 12.7. The number of hydrogen-bond donors (Lipinski definition) is 1. The molecule has 1 aliphatic carbocycles. The SMILES string of the molecule is CC1(C)OB(C(=Cc2ccc(C#N)cn2)CNC(=O)OCC2c3ccccc3-c3ccccc32)OC1(C)C. The number of hydrogen-bond acceptors (Lipinski definition) is 6. The van der Waals surface area contributed by atoms with Crippen molar-refractivity contribution in [2.24, 2.45) is 0 Å². The van der Waals surface area contributed by atoms with Crippen LogP contribution in [0.5, 0.6) is 0 Å². The molecule has 1 fully saturated rings. The monoisotopic (exact) mass is 507 g/mol. The summed E-state index contributed by atoms with van der Waals surface area (Å²) in [5, 5.41) is 11.9. The van der Waals surface area contributed by atoms with Gasteiger partial charge in [0.05, 0.1) is 22.5 Å². The van der Waals surface area contributed by atoms with Gasteiger partial charge in [0.15, 0.2) is 0 Å². The van der Waals surface area contributed by atoms with Gasteiger partial charge < -0.3 is 19.4 Å². The third-order valence-electron chi connectivity index (χ3n) is 7.59. The van der Waals surface area contributed by atoms with E-state index in [1.807, 2.05) is 58.0 Å². The van der Waals surface area contributed by atoms with E-state index in [0.717, 1.165) is 11.1 Å². The topological polar surface area (TPSA) is 93.5 Å². The van der Waals surface area contributed by atoms with Crippen molar-refractivity contribution in [1.29, 1.82) is 5.26 Å². The highest BCUT2D eigenvalue weighted by atomic mass is 16.7. The second-order valence-corrected chi connectivity index (χ2v) is 10.6. The number of alkyl carbamates (subject to hydrolysis) is 1. The van der Waals surface area contributed by atoms with Crippen molar-refractivity contribution in [3.63, 3.8) is 0 Å². The van der Waals surface area contributed by atoms with Crippen LogP contribution in [0.2, 0.25) is 0 Å². The Kier molecular flexibility index (Phi) is 6.83. The van der Waals surface area contributed by atoms with Crippen molar-refractivity contribution in [2.75, 3.05) is 13.2 Å². The van der Waals surface area contributed by atoms with Crippen molar-refractivity contribution in [3.8, 4) is 17.2 Å². The van der Waals surface area contributed by atoms with E-state index in [9.17, 15) is 4.79 Å². The van der Waals surface area contributed by atoms with Crippen LogP contribution in [0.4, 0.5) is 4.79 Å². The predicted molar refractivity (Wildman–Crippen MR) is 146 cm³/mol. The second-order valence-electron chi connectivity index (χ2n) is 10.6. The largest absolute Gasteiger partial charge is 0.492 e. The lowest BCUT2D eigenvalue weighted by atomic mass is 9.77. The average molecular weight is 507 g/mol. The van der Waals surface area contributed by atoms with E-state index in [2.05, 4.69) is 40.6 Å². The Balaban J connectivity index is 1.29. The molecule has 1 aliphatic heterocycles. The van der Waals surface area contributed by atoms with Crippen LogP contribution in [-0.4, -0.2) is 42.5 Å². The van der Waals surface area contributed by atoms with Crippen molar-refractivity contribution in [2.45, 2.75) is 44.8 Å². The number of fused-ring (bicyclic) bond motifs is 3. The summed E-state index contributed by atoms with van der Waals surface area (Å²) in [5.41, 5.74) is 5.37. The van der Waals surface area contributed by atoms with Crippen LogP contribution in [0.1, 0.15) is 56.0 Å². The lowest BCUT2D eigenvalue weighted by Gasteiger charge is -2.32. The van der Waals surface area contributed by atoms with Gasteiger partial charge in [-0.25, -0.2) is 4.79 Å². The molecule has 0 spiro atoms. The number of pyridine rings is 1. The zero-order chi connectivity index (χ0) is 26.9. The number of nitriles is 1. The van der Waals surface area contributed by atoms with Crippen LogP contribution >= 0.6 is 0 Å². The summed E-state index contributed by atoms with van der Waals surface area (Å²) < 4.78 is 18.2. The minimum Gasteiger partial charge on any atom is -0.449 e. The molecule has 0 atom stereocenters. The zero-order valence-corrected chi connectivity index (χ0v) is 22.0. The Hall–Kier alpha value is -3.93.